The van der Waals surface area contributed by atoms with Gasteiger partial charge in [-0.1, -0.05) is 32.9 Å². The molecule has 0 aromatic heterocycles. The smallest absolute Gasteiger partial charge is 0.0649 e. The van der Waals surface area contributed by atoms with Crippen molar-refractivity contribution in [2.45, 2.75) is 39.7 Å². The summed E-state index contributed by atoms with van der Waals surface area (Å²) in [5, 5.41) is 0. The summed E-state index contributed by atoms with van der Waals surface area (Å²) in [5.41, 5.74) is 5.78. The van der Waals surface area contributed by atoms with Crippen LogP contribution < -0.4 is 0 Å². The molecule has 0 spiro atoms. The fourth-order valence-corrected chi connectivity index (χ4v) is 2.06. The Morgan fingerprint density at radius 2 is 1.93 bits per heavy atom. The highest BCUT2D eigenvalue weighted by atomic mass is 14.7. The topological polar surface area (TPSA) is 12.4 Å². The summed E-state index contributed by atoms with van der Waals surface area (Å²) in [7, 11) is 0. The van der Waals surface area contributed by atoms with Crippen LogP contribution in [0, 0.1) is 6.92 Å². The number of nitrogens with zero attached hydrogens (tertiary/aromatic N) is 1. The molecule has 0 aliphatic carbocycles. The zero-order valence-corrected chi connectivity index (χ0v) is 9.39. The molecule has 1 aromatic rings. The lowest BCUT2D eigenvalue weighted by atomic mass is 9.82. The SMILES string of the molecule is Cc1ccc(C(C)(C)C)c2c1C=NC2. The van der Waals surface area contributed by atoms with Crippen LogP contribution in [0.2, 0.25) is 0 Å². The van der Waals surface area contributed by atoms with Crippen molar-refractivity contribution in [2.75, 3.05) is 0 Å². The van der Waals surface area contributed by atoms with E-state index in [1.807, 2.05) is 6.21 Å². The maximum absolute atomic E-state index is 4.36. The second-order valence-electron chi connectivity index (χ2n) is 5.04. The van der Waals surface area contributed by atoms with Crippen molar-refractivity contribution in [3.63, 3.8) is 0 Å². The van der Waals surface area contributed by atoms with Crippen LogP contribution >= 0.6 is 0 Å². The van der Waals surface area contributed by atoms with Gasteiger partial charge in [0.15, 0.2) is 0 Å². The molecule has 0 saturated carbocycles. The molecule has 1 heteroatoms. The van der Waals surface area contributed by atoms with Gasteiger partial charge >= 0.3 is 0 Å². The van der Waals surface area contributed by atoms with Gasteiger partial charge in [0.1, 0.15) is 0 Å². The number of fused-ring (bicyclic) bond motifs is 1. The second kappa shape index (κ2) is 2.94. The third-order valence-electron chi connectivity index (χ3n) is 2.85. The number of rotatable bonds is 0. The van der Waals surface area contributed by atoms with Crippen molar-refractivity contribution in [3.05, 3.63) is 34.4 Å². The Labute approximate surface area is 85.9 Å². The molecular formula is C13H17N. The highest BCUT2D eigenvalue weighted by Gasteiger charge is 2.21. The quantitative estimate of drug-likeness (QED) is 0.591. The Morgan fingerprint density at radius 1 is 1.21 bits per heavy atom. The van der Waals surface area contributed by atoms with Gasteiger partial charge < -0.3 is 0 Å². The third kappa shape index (κ3) is 1.37. The first-order valence-corrected chi connectivity index (χ1v) is 5.13. The maximum Gasteiger partial charge on any atom is 0.0649 e. The monoisotopic (exact) mass is 187 g/mol. The van der Waals surface area contributed by atoms with E-state index in [0.717, 1.165) is 6.54 Å². The number of aliphatic imine (C=N–C) groups is 1. The highest BCUT2D eigenvalue weighted by Crippen LogP contribution is 2.31. The van der Waals surface area contributed by atoms with Gasteiger partial charge in [0.2, 0.25) is 0 Å². The van der Waals surface area contributed by atoms with E-state index in [9.17, 15) is 0 Å². The lowest BCUT2D eigenvalue weighted by molar-refractivity contribution is 0.583. The zero-order valence-electron chi connectivity index (χ0n) is 9.39. The van der Waals surface area contributed by atoms with Crippen LogP contribution in [-0.4, -0.2) is 6.21 Å². The van der Waals surface area contributed by atoms with Crippen LogP contribution in [-0.2, 0) is 12.0 Å². The molecule has 0 amide bonds. The van der Waals surface area contributed by atoms with E-state index in [1.54, 1.807) is 0 Å². The fraction of sp³-hybridized carbons (Fsp3) is 0.462. The van der Waals surface area contributed by atoms with E-state index < -0.39 is 0 Å². The van der Waals surface area contributed by atoms with Crippen LogP contribution in [0.5, 0.6) is 0 Å². The average molecular weight is 187 g/mol. The van der Waals surface area contributed by atoms with Crippen molar-refractivity contribution in [3.8, 4) is 0 Å². The molecular weight excluding hydrogens is 170 g/mol. The van der Waals surface area contributed by atoms with Crippen LogP contribution in [0.15, 0.2) is 17.1 Å². The summed E-state index contributed by atoms with van der Waals surface area (Å²) in [6, 6.07) is 4.46. The maximum atomic E-state index is 4.36. The molecule has 1 aliphatic rings. The normalized spacial score (nSPS) is 14.6. The first kappa shape index (κ1) is 9.45. The highest BCUT2D eigenvalue weighted by molar-refractivity contribution is 5.87. The molecule has 0 unspecified atom stereocenters. The number of aryl methyl sites for hydroxylation is 1. The summed E-state index contributed by atoms with van der Waals surface area (Å²) < 4.78 is 0. The zero-order chi connectivity index (χ0) is 10.3. The van der Waals surface area contributed by atoms with Crippen molar-refractivity contribution < 1.29 is 0 Å². The van der Waals surface area contributed by atoms with Gasteiger partial charge in [0.05, 0.1) is 6.54 Å². The molecule has 1 nitrogen and oxygen atoms in total. The predicted octanol–water partition coefficient (Wildman–Crippen LogP) is 3.23. The first-order valence-electron chi connectivity index (χ1n) is 5.13. The van der Waals surface area contributed by atoms with E-state index in [2.05, 4.69) is 44.8 Å². The number of hydrogen-bond acceptors (Lipinski definition) is 1. The summed E-state index contributed by atoms with van der Waals surface area (Å²) in [6.07, 6.45) is 2.01. The predicted molar refractivity (Wildman–Crippen MR) is 61.2 cm³/mol. The standard InChI is InChI=1S/C13H17N/c1-9-5-6-12(13(2,3)4)11-8-14-7-10(9)11/h5-7H,8H2,1-4H3. The molecule has 0 radical (unpaired) electrons. The first-order chi connectivity index (χ1) is 6.50. The molecule has 1 aliphatic heterocycles. The molecule has 0 bridgehead atoms. The summed E-state index contributed by atoms with van der Waals surface area (Å²) in [6.45, 7) is 9.80. The van der Waals surface area contributed by atoms with Gasteiger partial charge in [-0.05, 0) is 29.0 Å². The Hall–Kier alpha value is -1.11. The van der Waals surface area contributed by atoms with E-state index in [4.69, 9.17) is 0 Å². The number of benzene rings is 1. The molecule has 2 rings (SSSR count). The Kier molecular flexibility index (Phi) is 1.99. The Morgan fingerprint density at radius 3 is 2.57 bits per heavy atom. The molecule has 0 atom stereocenters. The van der Waals surface area contributed by atoms with Crippen molar-refractivity contribution in [1.82, 2.24) is 0 Å². The van der Waals surface area contributed by atoms with Gasteiger partial charge in [-0.3, -0.25) is 4.99 Å². The van der Waals surface area contributed by atoms with Gasteiger partial charge in [-0.2, -0.15) is 0 Å². The van der Waals surface area contributed by atoms with Gasteiger partial charge in [-0.25, -0.2) is 0 Å². The molecule has 14 heavy (non-hydrogen) atoms. The van der Waals surface area contributed by atoms with Crippen LogP contribution in [0.3, 0.4) is 0 Å². The molecule has 0 saturated heterocycles. The van der Waals surface area contributed by atoms with Gasteiger partial charge in [0, 0.05) is 11.8 Å². The largest absolute Gasteiger partial charge is 0.288 e. The third-order valence-corrected chi connectivity index (χ3v) is 2.85. The minimum atomic E-state index is 0.228. The van der Waals surface area contributed by atoms with Crippen LogP contribution in [0.4, 0.5) is 0 Å². The van der Waals surface area contributed by atoms with E-state index in [0.29, 0.717) is 0 Å². The van der Waals surface area contributed by atoms with E-state index in [1.165, 1.54) is 22.3 Å². The fourth-order valence-electron chi connectivity index (χ4n) is 2.06. The van der Waals surface area contributed by atoms with Gasteiger partial charge in [0.25, 0.3) is 0 Å². The van der Waals surface area contributed by atoms with Crippen molar-refractivity contribution in [1.29, 1.82) is 0 Å². The summed E-state index contributed by atoms with van der Waals surface area (Å²) >= 11 is 0. The van der Waals surface area contributed by atoms with E-state index >= 15 is 0 Å². The van der Waals surface area contributed by atoms with E-state index in [-0.39, 0.29) is 5.41 Å². The number of hydrogen-bond donors (Lipinski definition) is 0. The second-order valence-corrected chi connectivity index (χ2v) is 5.04. The summed E-state index contributed by atoms with van der Waals surface area (Å²) in [4.78, 5) is 4.36. The molecule has 0 fully saturated rings. The Bertz CT molecular complexity index is 394. The minimum Gasteiger partial charge on any atom is -0.288 e. The van der Waals surface area contributed by atoms with Crippen LogP contribution in [0.1, 0.15) is 43.0 Å². The summed E-state index contributed by atoms with van der Waals surface area (Å²) in [5.74, 6) is 0. The van der Waals surface area contributed by atoms with Gasteiger partial charge in [-0.15, -0.1) is 0 Å². The lowest BCUT2D eigenvalue weighted by Gasteiger charge is -2.23. The molecule has 0 N–H and O–H groups in total. The minimum absolute atomic E-state index is 0.228. The van der Waals surface area contributed by atoms with Crippen LogP contribution in [0.25, 0.3) is 0 Å². The van der Waals surface area contributed by atoms with Crippen molar-refractivity contribution >= 4 is 6.21 Å². The Balaban J connectivity index is 2.63. The lowest BCUT2D eigenvalue weighted by Crippen LogP contribution is -2.14. The molecule has 74 valence electrons. The molecule has 1 aromatic carbocycles. The van der Waals surface area contributed by atoms with Crippen molar-refractivity contribution in [2.24, 2.45) is 4.99 Å². The molecule has 1 heterocycles. The average Bonchev–Trinajstić information content (AvgIpc) is 2.50.